The quantitative estimate of drug-likeness (QED) is 0.681. The van der Waals surface area contributed by atoms with Gasteiger partial charge in [-0.1, -0.05) is 12.7 Å². The first-order valence-electron chi connectivity index (χ1n) is 3.50. The molecule has 0 atom stereocenters. The van der Waals surface area contributed by atoms with E-state index < -0.39 is 10.0 Å². The highest BCUT2D eigenvalue weighted by molar-refractivity contribution is 7.89. The van der Waals surface area contributed by atoms with E-state index >= 15 is 0 Å². The first-order chi connectivity index (χ1) is 5.95. The second-order valence-electron chi connectivity index (χ2n) is 2.54. The predicted molar refractivity (Wildman–Crippen MR) is 52.3 cm³/mol. The molecule has 0 bridgehead atoms. The van der Waals surface area contributed by atoms with Crippen LogP contribution >= 0.6 is 0 Å². The van der Waals surface area contributed by atoms with Crippen molar-refractivity contribution in [1.82, 2.24) is 0 Å². The van der Waals surface area contributed by atoms with E-state index in [4.69, 9.17) is 10.9 Å². The molecule has 0 heterocycles. The molecular formula is C8H10N2O2S. The minimum Gasteiger partial charge on any atom is -0.398 e. The lowest BCUT2D eigenvalue weighted by molar-refractivity contribution is 0.598. The third kappa shape index (κ3) is 2.07. The van der Waals surface area contributed by atoms with E-state index in [2.05, 4.69) is 6.58 Å². The summed E-state index contributed by atoms with van der Waals surface area (Å²) >= 11 is 0. The molecule has 70 valence electrons. The zero-order chi connectivity index (χ0) is 10.1. The van der Waals surface area contributed by atoms with Gasteiger partial charge in [-0.05, 0) is 23.8 Å². The minimum absolute atomic E-state index is 0.0385. The molecule has 0 aromatic heterocycles. The van der Waals surface area contributed by atoms with Crippen LogP contribution in [0.5, 0.6) is 0 Å². The van der Waals surface area contributed by atoms with Crippen molar-refractivity contribution in [1.29, 1.82) is 0 Å². The van der Waals surface area contributed by atoms with Crippen LogP contribution in [0.2, 0.25) is 0 Å². The van der Waals surface area contributed by atoms with E-state index in [0.717, 1.165) is 0 Å². The number of hydrogen-bond donors (Lipinski definition) is 2. The van der Waals surface area contributed by atoms with E-state index in [1.165, 1.54) is 24.3 Å². The van der Waals surface area contributed by atoms with Crippen molar-refractivity contribution in [3.8, 4) is 0 Å². The number of nitrogens with two attached hydrogens (primary N) is 2. The Balaban J connectivity index is 3.38. The van der Waals surface area contributed by atoms with Crippen LogP contribution in [0.1, 0.15) is 5.56 Å². The van der Waals surface area contributed by atoms with Crippen molar-refractivity contribution < 1.29 is 8.42 Å². The van der Waals surface area contributed by atoms with Crippen LogP contribution < -0.4 is 10.9 Å². The Labute approximate surface area is 76.9 Å². The molecule has 4 N–H and O–H groups in total. The maximum absolute atomic E-state index is 10.9. The number of sulfonamides is 1. The summed E-state index contributed by atoms with van der Waals surface area (Å²) in [5, 5.41) is 4.93. The number of anilines is 1. The molecule has 1 aromatic rings. The monoisotopic (exact) mass is 198 g/mol. The van der Waals surface area contributed by atoms with Crippen molar-refractivity contribution in [3.63, 3.8) is 0 Å². The average molecular weight is 198 g/mol. The van der Waals surface area contributed by atoms with E-state index in [1.54, 1.807) is 0 Å². The van der Waals surface area contributed by atoms with E-state index in [0.29, 0.717) is 11.3 Å². The van der Waals surface area contributed by atoms with Crippen LogP contribution in [-0.2, 0) is 10.0 Å². The zero-order valence-corrected chi connectivity index (χ0v) is 7.71. The Morgan fingerprint density at radius 2 is 2.00 bits per heavy atom. The normalized spacial score (nSPS) is 11.2. The zero-order valence-electron chi connectivity index (χ0n) is 6.90. The molecule has 4 nitrogen and oxygen atoms in total. The molecule has 1 aromatic carbocycles. The fourth-order valence-corrected chi connectivity index (χ4v) is 1.46. The lowest BCUT2D eigenvalue weighted by atomic mass is 10.2. The Bertz CT molecular complexity index is 437. The van der Waals surface area contributed by atoms with Gasteiger partial charge in [0.05, 0.1) is 4.90 Å². The summed E-state index contributed by atoms with van der Waals surface area (Å²) in [5.41, 5.74) is 6.57. The van der Waals surface area contributed by atoms with Crippen LogP contribution in [0.3, 0.4) is 0 Å². The summed E-state index contributed by atoms with van der Waals surface area (Å²) < 4.78 is 21.8. The standard InChI is InChI=1S/C8H10N2O2S/c1-2-6-5-7(13(10,11)12)3-4-8(6)9/h2-5H,1,9H2,(H2,10,11,12). The van der Waals surface area contributed by atoms with Gasteiger partial charge in [-0.25, -0.2) is 13.6 Å². The van der Waals surface area contributed by atoms with Crippen molar-refractivity contribution in [2.75, 3.05) is 5.73 Å². The maximum atomic E-state index is 10.9. The van der Waals surface area contributed by atoms with Crippen LogP contribution in [0, 0.1) is 0 Å². The topological polar surface area (TPSA) is 86.2 Å². The second kappa shape index (κ2) is 3.20. The number of primary sulfonamides is 1. The fraction of sp³-hybridized carbons (Fsp3) is 0. The summed E-state index contributed by atoms with van der Waals surface area (Å²) in [4.78, 5) is 0.0385. The third-order valence-corrected chi connectivity index (χ3v) is 2.52. The highest BCUT2D eigenvalue weighted by atomic mass is 32.2. The summed E-state index contributed by atoms with van der Waals surface area (Å²) in [7, 11) is -3.66. The largest absolute Gasteiger partial charge is 0.398 e. The molecule has 0 unspecified atom stereocenters. The van der Waals surface area contributed by atoms with Crippen LogP contribution in [0.25, 0.3) is 6.08 Å². The molecule has 1 rings (SSSR count). The van der Waals surface area contributed by atoms with Crippen molar-refractivity contribution >= 4 is 21.8 Å². The maximum Gasteiger partial charge on any atom is 0.238 e. The fourth-order valence-electron chi connectivity index (χ4n) is 0.907. The summed E-state index contributed by atoms with van der Waals surface area (Å²) in [6.45, 7) is 3.50. The van der Waals surface area contributed by atoms with Gasteiger partial charge >= 0.3 is 0 Å². The minimum atomic E-state index is -3.66. The summed E-state index contributed by atoms with van der Waals surface area (Å²) in [6, 6.07) is 4.23. The van der Waals surface area contributed by atoms with Crippen molar-refractivity contribution in [3.05, 3.63) is 30.3 Å². The molecule has 0 aliphatic carbocycles. The molecular weight excluding hydrogens is 188 g/mol. The van der Waals surface area contributed by atoms with E-state index in [1.807, 2.05) is 0 Å². The van der Waals surface area contributed by atoms with Gasteiger partial charge in [-0.2, -0.15) is 0 Å². The second-order valence-corrected chi connectivity index (χ2v) is 4.10. The lowest BCUT2D eigenvalue weighted by Gasteiger charge is -2.02. The van der Waals surface area contributed by atoms with Crippen LogP contribution in [0.4, 0.5) is 5.69 Å². The molecule has 0 spiro atoms. The van der Waals surface area contributed by atoms with Gasteiger partial charge in [0.1, 0.15) is 0 Å². The lowest BCUT2D eigenvalue weighted by Crippen LogP contribution is -2.12. The molecule has 13 heavy (non-hydrogen) atoms. The average Bonchev–Trinajstić information content (AvgIpc) is 2.03. The van der Waals surface area contributed by atoms with Gasteiger partial charge in [0.2, 0.25) is 10.0 Å². The van der Waals surface area contributed by atoms with Crippen molar-refractivity contribution in [2.45, 2.75) is 4.90 Å². The van der Waals surface area contributed by atoms with Gasteiger partial charge in [0.15, 0.2) is 0 Å². The highest BCUT2D eigenvalue weighted by Gasteiger charge is 2.08. The molecule has 0 amide bonds. The number of rotatable bonds is 2. The van der Waals surface area contributed by atoms with Gasteiger partial charge in [-0.15, -0.1) is 0 Å². The molecule has 0 aliphatic heterocycles. The predicted octanol–water partition coefficient (Wildman–Crippen LogP) is 0.559. The first kappa shape index (κ1) is 9.76. The van der Waals surface area contributed by atoms with Gasteiger partial charge < -0.3 is 5.73 Å². The van der Waals surface area contributed by atoms with Gasteiger partial charge in [-0.3, -0.25) is 0 Å². The van der Waals surface area contributed by atoms with Gasteiger partial charge in [0, 0.05) is 5.69 Å². The highest BCUT2D eigenvalue weighted by Crippen LogP contribution is 2.17. The Morgan fingerprint density at radius 1 is 1.38 bits per heavy atom. The summed E-state index contributed by atoms with van der Waals surface area (Å²) in [5.74, 6) is 0. The SMILES string of the molecule is C=Cc1cc(S(N)(=O)=O)ccc1N. The van der Waals surface area contributed by atoms with Crippen LogP contribution in [0.15, 0.2) is 29.7 Å². The Morgan fingerprint density at radius 3 is 2.46 bits per heavy atom. The number of hydrogen-bond acceptors (Lipinski definition) is 3. The molecule has 5 heteroatoms. The third-order valence-electron chi connectivity index (χ3n) is 1.61. The molecule has 0 saturated carbocycles. The van der Waals surface area contributed by atoms with Crippen LogP contribution in [-0.4, -0.2) is 8.42 Å². The molecule has 0 fully saturated rings. The molecule has 0 aliphatic rings. The van der Waals surface area contributed by atoms with E-state index in [9.17, 15) is 8.42 Å². The van der Waals surface area contributed by atoms with Crippen molar-refractivity contribution in [2.24, 2.45) is 5.14 Å². The Kier molecular flexibility index (Phi) is 2.40. The number of benzene rings is 1. The van der Waals surface area contributed by atoms with E-state index in [-0.39, 0.29) is 4.90 Å². The smallest absolute Gasteiger partial charge is 0.238 e. The first-order valence-corrected chi connectivity index (χ1v) is 5.04. The molecule has 0 saturated heterocycles. The Hall–Kier alpha value is -1.33. The molecule has 0 radical (unpaired) electrons. The summed E-state index contributed by atoms with van der Waals surface area (Å²) in [6.07, 6.45) is 1.48. The van der Waals surface area contributed by atoms with Gasteiger partial charge in [0.25, 0.3) is 0 Å². The number of nitrogen functional groups attached to an aromatic ring is 1.